The molecule has 0 atom stereocenters. The smallest absolute Gasteiger partial charge is 0.0487 e. The normalized spacial score (nSPS) is 10.0. The van der Waals surface area contributed by atoms with Gasteiger partial charge < -0.3 is 9.47 Å². The van der Waals surface area contributed by atoms with Crippen LogP contribution in [0.2, 0.25) is 0 Å². The Morgan fingerprint density at radius 2 is 1.89 bits per heavy atom. The molecular formula is C7H15O2. The zero-order valence-electron chi connectivity index (χ0n) is 6.06. The Morgan fingerprint density at radius 3 is 2.44 bits per heavy atom. The fourth-order valence-electron chi connectivity index (χ4n) is 0.509. The molecule has 0 bridgehead atoms. The number of hydrogen-bond acceptors (Lipinski definition) is 2. The summed E-state index contributed by atoms with van der Waals surface area (Å²) in [6, 6.07) is 0. The SMILES string of the molecule is [CH2]COCCCOCC. The predicted molar refractivity (Wildman–Crippen MR) is 37.3 cm³/mol. The van der Waals surface area contributed by atoms with Crippen LogP contribution < -0.4 is 0 Å². The van der Waals surface area contributed by atoms with E-state index in [0.717, 1.165) is 26.2 Å². The van der Waals surface area contributed by atoms with Gasteiger partial charge in [0.25, 0.3) is 0 Å². The van der Waals surface area contributed by atoms with Crippen LogP contribution in [0.25, 0.3) is 0 Å². The molecule has 0 unspecified atom stereocenters. The molecule has 2 nitrogen and oxygen atoms in total. The van der Waals surface area contributed by atoms with Crippen LogP contribution >= 0.6 is 0 Å². The molecule has 2 heteroatoms. The first kappa shape index (κ1) is 8.92. The van der Waals surface area contributed by atoms with Crippen LogP contribution in [0.1, 0.15) is 13.3 Å². The van der Waals surface area contributed by atoms with Crippen molar-refractivity contribution >= 4 is 0 Å². The van der Waals surface area contributed by atoms with E-state index in [4.69, 9.17) is 9.47 Å². The van der Waals surface area contributed by atoms with Gasteiger partial charge in [-0.2, -0.15) is 0 Å². The highest BCUT2D eigenvalue weighted by Gasteiger charge is 1.84. The summed E-state index contributed by atoms with van der Waals surface area (Å²) in [5.41, 5.74) is 0. The molecule has 0 fully saturated rings. The van der Waals surface area contributed by atoms with Crippen molar-refractivity contribution in [1.29, 1.82) is 0 Å². The van der Waals surface area contributed by atoms with Gasteiger partial charge in [0.05, 0.1) is 0 Å². The molecule has 9 heavy (non-hydrogen) atoms. The van der Waals surface area contributed by atoms with Crippen molar-refractivity contribution < 1.29 is 9.47 Å². The maximum absolute atomic E-state index is 5.08. The van der Waals surface area contributed by atoms with Crippen molar-refractivity contribution in [3.8, 4) is 0 Å². The molecule has 0 aromatic carbocycles. The molecule has 0 N–H and O–H groups in total. The van der Waals surface area contributed by atoms with E-state index in [1.54, 1.807) is 0 Å². The minimum Gasteiger partial charge on any atom is -0.382 e. The van der Waals surface area contributed by atoms with Crippen molar-refractivity contribution in [3.05, 3.63) is 6.92 Å². The van der Waals surface area contributed by atoms with Crippen molar-refractivity contribution in [2.45, 2.75) is 13.3 Å². The van der Waals surface area contributed by atoms with Crippen molar-refractivity contribution in [1.82, 2.24) is 0 Å². The van der Waals surface area contributed by atoms with Crippen LogP contribution in [0.15, 0.2) is 0 Å². The first-order valence-corrected chi connectivity index (χ1v) is 3.36. The van der Waals surface area contributed by atoms with E-state index in [1.807, 2.05) is 6.92 Å². The van der Waals surface area contributed by atoms with Crippen LogP contribution in [0.5, 0.6) is 0 Å². The zero-order valence-corrected chi connectivity index (χ0v) is 6.06. The van der Waals surface area contributed by atoms with Gasteiger partial charge in [0.2, 0.25) is 0 Å². The average molecular weight is 131 g/mol. The van der Waals surface area contributed by atoms with Crippen LogP contribution in [0.4, 0.5) is 0 Å². The third-order valence-electron chi connectivity index (χ3n) is 0.926. The molecule has 0 aromatic rings. The maximum Gasteiger partial charge on any atom is 0.0487 e. The Hall–Kier alpha value is -0.0800. The third-order valence-corrected chi connectivity index (χ3v) is 0.926. The molecule has 0 heterocycles. The predicted octanol–water partition coefficient (Wildman–Crippen LogP) is 1.26. The fraction of sp³-hybridized carbons (Fsp3) is 0.857. The summed E-state index contributed by atoms with van der Waals surface area (Å²) in [4.78, 5) is 0. The van der Waals surface area contributed by atoms with Gasteiger partial charge in [-0.05, 0) is 20.3 Å². The van der Waals surface area contributed by atoms with E-state index in [2.05, 4.69) is 6.92 Å². The van der Waals surface area contributed by atoms with Gasteiger partial charge in [0, 0.05) is 26.4 Å². The number of rotatable bonds is 6. The molecule has 0 aliphatic carbocycles. The molecule has 0 saturated carbocycles. The zero-order chi connectivity index (χ0) is 6.95. The van der Waals surface area contributed by atoms with Crippen molar-refractivity contribution in [2.75, 3.05) is 26.4 Å². The topological polar surface area (TPSA) is 18.5 Å². The molecule has 1 radical (unpaired) electrons. The van der Waals surface area contributed by atoms with E-state index < -0.39 is 0 Å². The first-order valence-electron chi connectivity index (χ1n) is 3.36. The van der Waals surface area contributed by atoms with Crippen LogP contribution in [0, 0.1) is 6.92 Å². The first-order chi connectivity index (χ1) is 4.41. The van der Waals surface area contributed by atoms with Crippen molar-refractivity contribution in [2.24, 2.45) is 0 Å². The number of hydrogen-bond donors (Lipinski definition) is 0. The van der Waals surface area contributed by atoms with Gasteiger partial charge in [0.1, 0.15) is 0 Å². The fourth-order valence-corrected chi connectivity index (χ4v) is 0.509. The van der Waals surface area contributed by atoms with Crippen LogP contribution in [0.3, 0.4) is 0 Å². The van der Waals surface area contributed by atoms with Crippen molar-refractivity contribution in [3.63, 3.8) is 0 Å². The Balaban J connectivity index is 2.60. The van der Waals surface area contributed by atoms with Gasteiger partial charge in [-0.15, -0.1) is 0 Å². The summed E-state index contributed by atoms with van der Waals surface area (Å²) < 4.78 is 10.1. The molecule has 0 spiro atoms. The second kappa shape index (κ2) is 7.92. The Kier molecular flexibility index (Phi) is 7.85. The van der Waals surface area contributed by atoms with Gasteiger partial charge in [-0.1, -0.05) is 0 Å². The Bertz CT molecular complexity index is 40.2. The second-order valence-electron chi connectivity index (χ2n) is 1.66. The molecule has 0 rings (SSSR count). The lowest BCUT2D eigenvalue weighted by Crippen LogP contribution is -1.99. The molecule has 0 amide bonds. The molecular weight excluding hydrogens is 116 g/mol. The summed E-state index contributed by atoms with van der Waals surface area (Å²) in [6.07, 6.45) is 0.976. The van der Waals surface area contributed by atoms with E-state index in [9.17, 15) is 0 Å². The highest BCUT2D eigenvalue weighted by Crippen LogP contribution is 1.83. The molecule has 0 aliphatic rings. The molecule has 55 valence electrons. The highest BCUT2D eigenvalue weighted by atomic mass is 16.5. The molecule has 0 aliphatic heterocycles. The summed E-state index contributed by atoms with van der Waals surface area (Å²) in [5, 5.41) is 0. The average Bonchev–Trinajstić information content (AvgIpc) is 1.89. The Labute approximate surface area is 57.2 Å². The monoisotopic (exact) mass is 131 g/mol. The Morgan fingerprint density at radius 1 is 1.22 bits per heavy atom. The summed E-state index contributed by atoms with van der Waals surface area (Å²) in [6.45, 7) is 8.46. The quantitative estimate of drug-likeness (QED) is 0.505. The molecule has 0 aromatic heterocycles. The lowest BCUT2D eigenvalue weighted by Gasteiger charge is -2.00. The summed E-state index contributed by atoms with van der Waals surface area (Å²) in [5.74, 6) is 0. The molecule has 0 saturated heterocycles. The van der Waals surface area contributed by atoms with Gasteiger partial charge in [-0.25, -0.2) is 0 Å². The van der Waals surface area contributed by atoms with E-state index >= 15 is 0 Å². The standard InChI is InChI=1S/C7H15O2/c1-3-8-6-5-7-9-4-2/h1,3-7H2,2H3. The third kappa shape index (κ3) is 7.92. The largest absolute Gasteiger partial charge is 0.382 e. The van der Waals surface area contributed by atoms with Gasteiger partial charge in [0.15, 0.2) is 0 Å². The highest BCUT2D eigenvalue weighted by molar-refractivity contribution is 4.35. The van der Waals surface area contributed by atoms with E-state index in [0.29, 0.717) is 6.61 Å². The summed E-state index contributed by atoms with van der Waals surface area (Å²) in [7, 11) is 0. The van der Waals surface area contributed by atoms with Gasteiger partial charge >= 0.3 is 0 Å². The lowest BCUT2D eigenvalue weighted by atomic mass is 10.5. The maximum atomic E-state index is 5.08. The van der Waals surface area contributed by atoms with Gasteiger partial charge in [-0.3, -0.25) is 0 Å². The van der Waals surface area contributed by atoms with Crippen LogP contribution in [-0.2, 0) is 9.47 Å². The minimum atomic E-state index is 0.562. The lowest BCUT2D eigenvalue weighted by molar-refractivity contribution is 0.0993. The van der Waals surface area contributed by atoms with Crippen LogP contribution in [-0.4, -0.2) is 26.4 Å². The second-order valence-corrected chi connectivity index (χ2v) is 1.66. The van der Waals surface area contributed by atoms with E-state index in [-0.39, 0.29) is 0 Å². The minimum absolute atomic E-state index is 0.562. The summed E-state index contributed by atoms with van der Waals surface area (Å²) >= 11 is 0. The van der Waals surface area contributed by atoms with E-state index in [1.165, 1.54) is 0 Å². The number of ether oxygens (including phenoxy) is 2.